The van der Waals surface area contributed by atoms with Gasteiger partial charge in [-0.25, -0.2) is 9.37 Å². The van der Waals surface area contributed by atoms with Gasteiger partial charge in [-0.2, -0.15) is 0 Å². The first-order chi connectivity index (χ1) is 24.8. The first-order valence-electron chi connectivity index (χ1n) is 19.0. The molecular formula is C39H53FN8O3. The number of nitrogens with zero attached hydrogens (tertiary/aromatic N) is 8. The Morgan fingerprint density at radius 3 is 2.76 bits per heavy atom. The SMILES string of the molecule is CCN(C(=O)c1cc(F)ccc1Oc1nncnc1N1CC2(CC(Cc3ccnc4c3CN(CCCN3CCCCCOC3)CC4)C2)C1)C(C)C. The fourth-order valence-electron chi connectivity index (χ4n) is 8.70. The molecule has 274 valence electrons. The van der Waals surface area contributed by atoms with Crippen molar-refractivity contribution in [3.8, 4) is 11.6 Å². The number of pyridine rings is 1. The van der Waals surface area contributed by atoms with Gasteiger partial charge in [-0.3, -0.25) is 19.6 Å². The van der Waals surface area contributed by atoms with Crippen LogP contribution in [-0.4, -0.2) is 106 Å². The van der Waals surface area contributed by atoms with Crippen LogP contribution in [0.25, 0.3) is 0 Å². The highest BCUT2D eigenvalue weighted by molar-refractivity contribution is 5.97. The van der Waals surface area contributed by atoms with Crippen molar-refractivity contribution in [1.29, 1.82) is 0 Å². The van der Waals surface area contributed by atoms with E-state index in [1.807, 2.05) is 27.0 Å². The third-order valence-electron chi connectivity index (χ3n) is 11.3. The first kappa shape index (κ1) is 35.7. The number of hydrogen-bond donors (Lipinski definition) is 0. The summed E-state index contributed by atoms with van der Waals surface area (Å²) in [4.78, 5) is 31.7. The maximum Gasteiger partial charge on any atom is 0.282 e. The molecule has 11 nitrogen and oxygen atoms in total. The lowest BCUT2D eigenvalue weighted by Gasteiger charge is -2.59. The molecule has 0 unspecified atom stereocenters. The molecule has 7 rings (SSSR count). The highest BCUT2D eigenvalue weighted by atomic mass is 19.1. The quantitative estimate of drug-likeness (QED) is 0.233. The molecule has 1 saturated carbocycles. The Kier molecular flexibility index (Phi) is 11.1. The summed E-state index contributed by atoms with van der Waals surface area (Å²) in [6.45, 7) is 15.1. The zero-order chi connectivity index (χ0) is 35.4. The van der Waals surface area contributed by atoms with Crippen molar-refractivity contribution in [3.05, 3.63) is 65.0 Å². The molecule has 1 amide bonds. The molecule has 2 aromatic heterocycles. The standard InChI is InChI=1S/C39H53FN8O3/c1-4-48(28(2)3)38(49)32-20-31(40)9-10-35(32)51-37-36(42-26-43-44-37)47-24-39(25-47)21-29(22-39)19-30-11-13-41-34-12-17-45(23-33(30)34)15-8-16-46-14-6-5-7-18-50-27-46/h9-11,13,20,26,28-29H,4-8,12,14-19,21-25,27H2,1-3H3. The van der Waals surface area contributed by atoms with Gasteiger partial charge in [0.15, 0.2) is 5.82 Å². The second-order valence-electron chi connectivity index (χ2n) is 15.3. The number of hydrogen-bond acceptors (Lipinski definition) is 10. The Morgan fingerprint density at radius 1 is 1.10 bits per heavy atom. The number of fused-ring (bicyclic) bond motifs is 1. The summed E-state index contributed by atoms with van der Waals surface area (Å²) in [6.07, 6.45) is 12.8. The van der Waals surface area contributed by atoms with Crippen LogP contribution in [0.2, 0.25) is 0 Å². The van der Waals surface area contributed by atoms with Crippen LogP contribution in [0.1, 0.15) is 86.5 Å². The van der Waals surface area contributed by atoms with Gasteiger partial charge < -0.3 is 19.3 Å². The normalized spacial score (nSPS) is 19.6. The predicted molar refractivity (Wildman–Crippen MR) is 193 cm³/mol. The van der Waals surface area contributed by atoms with Crippen molar-refractivity contribution in [2.24, 2.45) is 11.3 Å². The molecule has 0 atom stereocenters. The smallest absolute Gasteiger partial charge is 0.282 e. The van der Waals surface area contributed by atoms with E-state index in [0.29, 0.717) is 18.3 Å². The lowest BCUT2D eigenvalue weighted by atomic mass is 9.56. The van der Waals surface area contributed by atoms with Crippen molar-refractivity contribution >= 4 is 11.7 Å². The third-order valence-corrected chi connectivity index (χ3v) is 11.3. The molecule has 1 aromatic carbocycles. The summed E-state index contributed by atoms with van der Waals surface area (Å²) in [5.41, 5.74) is 4.63. The second kappa shape index (κ2) is 15.9. The van der Waals surface area contributed by atoms with Crippen LogP contribution >= 0.6 is 0 Å². The largest absolute Gasteiger partial charge is 0.434 e. The Labute approximate surface area is 301 Å². The number of aromatic nitrogens is 4. The third kappa shape index (κ3) is 8.18. The van der Waals surface area contributed by atoms with Gasteiger partial charge in [-0.1, -0.05) is 0 Å². The van der Waals surface area contributed by atoms with E-state index >= 15 is 0 Å². The number of benzene rings is 1. The van der Waals surface area contributed by atoms with Crippen LogP contribution in [0.4, 0.5) is 10.2 Å². The highest BCUT2D eigenvalue weighted by Crippen LogP contribution is 2.54. The minimum atomic E-state index is -0.499. The predicted octanol–water partition coefficient (Wildman–Crippen LogP) is 5.74. The van der Waals surface area contributed by atoms with E-state index in [1.54, 1.807) is 4.90 Å². The van der Waals surface area contributed by atoms with Crippen molar-refractivity contribution in [1.82, 2.24) is 34.9 Å². The van der Waals surface area contributed by atoms with Gasteiger partial charge in [0, 0.05) is 82.2 Å². The van der Waals surface area contributed by atoms with Gasteiger partial charge in [0.05, 0.1) is 12.3 Å². The van der Waals surface area contributed by atoms with Crippen molar-refractivity contribution in [2.45, 2.75) is 84.7 Å². The van der Waals surface area contributed by atoms with Crippen LogP contribution in [0.3, 0.4) is 0 Å². The van der Waals surface area contributed by atoms with E-state index in [-0.39, 0.29) is 34.6 Å². The average Bonchev–Trinajstić information content (AvgIpc) is 3.07. The molecule has 3 aromatic rings. The zero-order valence-corrected chi connectivity index (χ0v) is 30.5. The Morgan fingerprint density at radius 2 is 1.94 bits per heavy atom. The maximum atomic E-state index is 14.3. The molecule has 12 heteroatoms. The molecule has 0 radical (unpaired) electrons. The molecule has 3 aliphatic heterocycles. The first-order valence-corrected chi connectivity index (χ1v) is 19.0. The molecule has 0 bridgehead atoms. The van der Waals surface area contributed by atoms with Gasteiger partial charge in [0.2, 0.25) is 0 Å². The minimum absolute atomic E-state index is 0.0421. The maximum absolute atomic E-state index is 14.3. The lowest BCUT2D eigenvalue weighted by Crippen LogP contribution is -2.63. The van der Waals surface area contributed by atoms with Crippen LogP contribution in [0.15, 0.2) is 36.8 Å². The van der Waals surface area contributed by atoms with Crippen LogP contribution in [0.5, 0.6) is 11.6 Å². The van der Waals surface area contributed by atoms with Crippen LogP contribution < -0.4 is 9.64 Å². The van der Waals surface area contributed by atoms with Gasteiger partial charge in [-0.05, 0) is 114 Å². The number of rotatable bonds is 12. The van der Waals surface area contributed by atoms with Crippen molar-refractivity contribution in [2.75, 3.05) is 64.1 Å². The fourth-order valence-corrected chi connectivity index (χ4v) is 8.70. The molecule has 5 heterocycles. The summed E-state index contributed by atoms with van der Waals surface area (Å²) in [5, 5.41) is 8.22. The molecule has 0 N–H and O–H groups in total. The highest BCUT2D eigenvalue weighted by Gasteiger charge is 2.53. The number of ether oxygens (including phenoxy) is 2. The van der Waals surface area contributed by atoms with Crippen molar-refractivity contribution in [3.63, 3.8) is 0 Å². The monoisotopic (exact) mass is 700 g/mol. The molecule has 51 heavy (non-hydrogen) atoms. The summed E-state index contributed by atoms with van der Waals surface area (Å²) >= 11 is 0. The topological polar surface area (TPSA) is 100 Å². The Bertz CT molecular complexity index is 1650. The average molecular weight is 701 g/mol. The summed E-state index contributed by atoms with van der Waals surface area (Å²) in [7, 11) is 0. The van der Waals surface area contributed by atoms with E-state index in [2.05, 4.69) is 35.9 Å². The van der Waals surface area contributed by atoms with E-state index < -0.39 is 5.82 Å². The van der Waals surface area contributed by atoms with E-state index in [0.717, 1.165) is 72.0 Å². The Hall–Kier alpha value is -3.74. The fraction of sp³-hybridized carbons (Fsp3) is 0.615. The van der Waals surface area contributed by atoms with E-state index in [1.165, 1.54) is 79.9 Å². The number of amides is 1. The second-order valence-corrected chi connectivity index (χ2v) is 15.3. The zero-order valence-electron chi connectivity index (χ0n) is 30.5. The van der Waals surface area contributed by atoms with Gasteiger partial charge in [-0.15, -0.1) is 10.2 Å². The Balaban J connectivity index is 0.933. The van der Waals surface area contributed by atoms with Crippen LogP contribution in [-0.2, 0) is 24.1 Å². The molecular weight excluding hydrogens is 647 g/mol. The number of carbonyl (C=O) groups excluding carboxylic acids is 1. The number of anilines is 1. The van der Waals surface area contributed by atoms with Gasteiger partial charge in [0.25, 0.3) is 11.8 Å². The molecule has 1 aliphatic carbocycles. The summed E-state index contributed by atoms with van der Waals surface area (Å²) < 4.78 is 26.3. The summed E-state index contributed by atoms with van der Waals surface area (Å²) in [6, 6.07) is 6.21. The molecule has 4 aliphatic rings. The van der Waals surface area contributed by atoms with Gasteiger partial charge in [0.1, 0.15) is 17.9 Å². The van der Waals surface area contributed by atoms with E-state index in [4.69, 9.17) is 14.5 Å². The molecule has 1 spiro atoms. The number of halogens is 1. The minimum Gasteiger partial charge on any atom is -0.434 e. The lowest BCUT2D eigenvalue weighted by molar-refractivity contribution is 0.0129. The molecule has 3 fully saturated rings. The summed E-state index contributed by atoms with van der Waals surface area (Å²) in [5.74, 6) is 0.919. The van der Waals surface area contributed by atoms with E-state index in [9.17, 15) is 9.18 Å². The van der Waals surface area contributed by atoms with Gasteiger partial charge >= 0.3 is 0 Å². The van der Waals surface area contributed by atoms with Crippen molar-refractivity contribution < 1.29 is 18.7 Å². The molecule has 2 saturated heterocycles. The number of carbonyl (C=O) groups is 1. The van der Waals surface area contributed by atoms with Crippen LogP contribution in [0, 0.1) is 17.2 Å².